The largest absolute Gasteiger partial charge is 0.457 e. The summed E-state index contributed by atoms with van der Waals surface area (Å²) in [6, 6.07) is 0.239. The van der Waals surface area contributed by atoms with Crippen LogP contribution in [0.15, 0.2) is 36.0 Å². The molecule has 2 amide bonds. The summed E-state index contributed by atoms with van der Waals surface area (Å²) in [5.41, 5.74) is 0.921. The van der Waals surface area contributed by atoms with E-state index in [4.69, 9.17) is 14.2 Å². The van der Waals surface area contributed by atoms with Crippen LogP contribution < -0.4 is 0 Å². The predicted octanol–water partition coefficient (Wildman–Crippen LogP) is 5.57. The number of rotatable bonds is 6. The first-order chi connectivity index (χ1) is 19.6. The summed E-state index contributed by atoms with van der Waals surface area (Å²) < 4.78 is 17.4. The van der Waals surface area contributed by atoms with Crippen LogP contribution in [0.4, 0.5) is 9.59 Å². The topological polar surface area (TPSA) is 88.6 Å². The Balaban J connectivity index is 1.59. The monoisotopic (exact) mass is 573 g/mol. The van der Waals surface area contributed by atoms with Gasteiger partial charge in [0.1, 0.15) is 12.2 Å². The Morgan fingerprint density at radius 3 is 2.49 bits per heavy atom. The smallest absolute Gasteiger partial charge is 0.410 e. The van der Waals surface area contributed by atoms with E-state index in [1.165, 1.54) is 0 Å². The SMILES string of the molecule is C/C(=C\C=C\[C@@H](C)COC(=O)N1CCC[C@@H]1C)[C@H]1OC(=O)CCCCC[C@@H](OC(=O)N2CCN(C)CC2)/C=C/[C@@H]1C. The molecule has 3 aliphatic rings. The van der Waals surface area contributed by atoms with Crippen molar-refractivity contribution >= 4 is 18.2 Å². The molecule has 0 unspecified atom stereocenters. The molecule has 0 saturated carbocycles. The molecule has 41 heavy (non-hydrogen) atoms. The molecule has 0 bridgehead atoms. The third-order valence-corrected chi connectivity index (χ3v) is 8.25. The Kier molecular flexibility index (Phi) is 13.2. The number of hydrogen-bond acceptors (Lipinski definition) is 7. The second kappa shape index (κ2) is 16.6. The number of piperazine rings is 1. The lowest BCUT2D eigenvalue weighted by Crippen LogP contribution is -2.47. The molecule has 230 valence electrons. The minimum Gasteiger partial charge on any atom is -0.457 e. The van der Waals surface area contributed by atoms with Gasteiger partial charge in [0.05, 0.1) is 6.61 Å². The molecule has 0 aliphatic carbocycles. The molecule has 0 spiro atoms. The lowest BCUT2D eigenvalue weighted by Gasteiger charge is -2.32. The molecule has 3 rings (SSSR count). The van der Waals surface area contributed by atoms with Crippen LogP contribution in [0.25, 0.3) is 0 Å². The van der Waals surface area contributed by atoms with E-state index in [0.717, 1.165) is 63.7 Å². The van der Waals surface area contributed by atoms with Gasteiger partial charge >= 0.3 is 18.2 Å². The van der Waals surface area contributed by atoms with Gasteiger partial charge in [0.15, 0.2) is 0 Å². The van der Waals surface area contributed by atoms with E-state index in [9.17, 15) is 14.4 Å². The summed E-state index contributed by atoms with van der Waals surface area (Å²) in [6.07, 6.45) is 14.3. The molecule has 3 aliphatic heterocycles. The van der Waals surface area contributed by atoms with Crippen LogP contribution in [0.5, 0.6) is 0 Å². The fraction of sp³-hybridized carbons (Fsp3) is 0.719. The summed E-state index contributed by atoms with van der Waals surface area (Å²) in [5, 5.41) is 0. The van der Waals surface area contributed by atoms with Crippen LogP contribution >= 0.6 is 0 Å². The fourth-order valence-electron chi connectivity index (χ4n) is 5.43. The molecule has 2 fully saturated rings. The number of carbonyl (C=O) groups is 3. The standard InChI is InChI=1S/C32H51N3O6/c1-24(23-39-32(38)35-18-10-13-27(35)4)11-9-12-25(2)30-26(3)16-17-28(14-7-6-8-15-29(36)41-30)40-31(37)34-21-19-33(5)20-22-34/h9,11-12,16-17,24,26-28,30H,6-8,10,13-15,18-23H2,1-5H3/b11-9+,17-16+,25-12+/t24-,26+,27+,28-,30-/m1/s1. The van der Waals surface area contributed by atoms with Gasteiger partial charge in [-0.15, -0.1) is 0 Å². The Bertz CT molecular complexity index is 955. The highest BCUT2D eigenvalue weighted by Crippen LogP contribution is 2.23. The van der Waals surface area contributed by atoms with Crippen molar-refractivity contribution in [1.29, 1.82) is 0 Å². The number of amides is 2. The lowest BCUT2D eigenvalue weighted by molar-refractivity contribution is -0.148. The summed E-state index contributed by atoms with van der Waals surface area (Å²) >= 11 is 0. The highest BCUT2D eigenvalue weighted by atomic mass is 16.6. The summed E-state index contributed by atoms with van der Waals surface area (Å²) in [5.74, 6) is -0.247. The summed E-state index contributed by atoms with van der Waals surface area (Å²) in [4.78, 5) is 43.5. The van der Waals surface area contributed by atoms with Crippen molar-refractivity contribution in [3.8, 4) is 0 Å². The number of likely N-dealkylation sites (tertiary alicyclic amines) is 1. The zero-order valence-corrected chi connectivity index (χ0v) is 25.8. The number of hydrogen-bond donors (Lipinski definition) is 0. The van der Waals surface area contributed by atoms with Crippen LogP contribution in [0.2, 0.25) is 0 Å². The van der Waals surface area contributed by atoms with Gasteiger partial charge in [0.2, 0.25) is 0 Å². The normalized spacial score (nSPS) is 28.9. The van der Waals surface area contributed by atoms with Gasteiger partial charge in [-0.2, -0.15) is 0 Å². The zero-order chi connectivity index (χ0) is 29.8. The van der Waals surface area contributed by atoms with Crippen molar-refractivity contribution in [3.63, 3.8) is 0 Å². The van der Waals surface area contributed by atoms with Gasteiger partial charge in [-0.05, 0) is 64.6 Å². The van der Waals surface area contributed by atoms with Gasteiger partial charge in [0, 0.05) is 57.0 Å². The van der Waals surface area contributed by atoms with E-state index in [1.807, 2.05) is 51.2 Å². The predicted molar refractivity (Wildman–Crippen MR) is 159 cm³/mol. The van der Waals surface area contributed by atoms with Crippen molar-refractivity contribution < 1.29 is 28.6 Å². The number of carbonyl (C=O) groups excluding carboxylic acids is 3. The average molecular weight is 574 g/mol. The molecule has 0 aromatic heterocycles. The maximum Gasteiger partial charge on any atom is 0.410 e. The Hall–Kier alpha value is -2.81. The molecular formula is C32H51N3O6. The molecule has 0 aromatic rings. The van der Waals surface area contributed by atoms with E-state index >= 15 is 0 Å². The highest BCUT2D eigenvalue weighted by molar-refractivity contribution is 5.70. The van der Waals surface area contributed by atoms with Gasteiger partial charge in [-0.3, -0.25) is 4.79 Å². The molecule has 0 aromatic carbocycles. The Labute approximate surface area is 246 Å². The number of cyclic esters (lactones) is 1. The van der Waals surface area contributed by atoms with E-state index in [1.54, 1.807) is 9.80 Å². The van der Waals surface area contributed by atoms with Crippen molar-refractivity contribution in [2.45, 2.75) is 90.9 Å². The molecule has 2 saturated heterocycles. The third kappa shape index (κ3) is 10.8. The van der Waals surface area contributed by atoms with Crippen molar-refractivity contribution in [2.24, 2.45) is 11.8 Å². The minimum atomic E-state index is -0.429. The molecule has 3 heterocycles. The van der Waals surface area contributed by atoms with Crippen molar-refractivity contribution in [2.75, 3.05) is 46.4 Å². The Morgan fingerprint density at radius 2 is 1.78 bits per heavy atom. The zero-order valence-electron chi connectivity index (χ0n) is 25.8. The summed E-state index contributed by atoms with van der Waals surface area (Å²) in [6.45, 7) is 12.2. The minimum absolute atomic E-state index is 0.0489. The second-order valence-corrected chi connectivity index (χ2v) is 12.0. The highest BCUT2D eigenvalue weighted by Gasteiger charge is 2.27. The summed E-state index contributed by atoms with van der Waals surface area (Å²) in [7, 11) is 2.06. The maximum atomic E-state index is 12.8. The van der Waals surface area contributed by atoms with Gasteiger partial charge in [-0.25, -0.2) is 9.59 Å². The van der Waals surface area contributed by atoms with Gasteiger partial charge < -0.3 is 28.9 Å². The first-order valence-corrected chi connectivity index (χ1v) is 15.4. The van der Waals surface area contributed by atoms with E-state index in [-0.39, 0.29) is 42.1 Å². The first kappa shape index (κ1) is 32.7. The van der Waals surface area contributed by atoms with Gasteiger partial charge in [-0.1, -0.05) is 44.6 Å². The van der Waals surface area contributed by atoms with Crippen LogP contribution in [0.3, 0.4) is 0 Å². The number of likely N-dealkylation sites (N-methyl/N-ethyl adjacent to an activating group) is 1. The van der Waals surface area contributed by atoms with Gasteiger partial charge in [0.25, 0.3) is 0 Å². The van der Waals surface area contributed by atoms with E-state index in [0.29, 0.717) is 26.1 Å². The molecule has 0 radical (unpaired) electrons. The molecule has 9 heteroatoms. The number of nitrogens with zero attached hydrogens (tertiary/aromatic N) is 3. The molecular weight excluding hydrogens is 522 g/mol. The number of allylic oxidation sites excluding steroid dienone is 2. The second-order valence-electron chi connectivity index (χ2n) is 12.0. The third-order valence-electron chi connectivity index (χ3n) is 8.25. The van der Waals surface area contributed by atoms with Crippen LogP contribution in [0, 0.1) is 11.8 Å². The molecule has 0 N–H and O–H groups in total. The van der Waals surface area contributed by atoms with Crippen molar-refractivity contribution in [3.05, 3.63) is 36.0 Å². The maximum absolute atomic E-state index is 12.8. The molecule has 5 atom stereocenters. The lowest BCUT2D eigenvalue weighted by atomic mass is 9.95. The van der Waals surface area contributed by atoms with E-state index in [2.05, 4.69) is 18.9 Å². The first-order valence-electron chi connectivity index (χ1n) is 15.4. The average Bonchev–Trinajstić information content (AvgIpc) is 3.38. The molecule has 9 nitrogen and oxygen atoms in total. The number of ether oxygens (including phenoxy) is 3. The quantitative estimate of drug-likeness (QED) is 0.178. The van der Waals surface area contributed by atoms with E-state index < -0.39 is 6.10 Å². The van der Waals surface area contributed by atoms with Crippen LogP contribution in [0.1, 0.15) is 72.6 Å². The fourth-order valence-corrected chi connectivity index (χ4v) is 5.43. The van der Waals surface area contributed by atoms with Crippen LogP contribution in [-0.4, -0.2) is 97.5 Å². The number of esters is 1. The van der Waals surface area contributed by atoms with Crippen LogP contribution in [-0.2, 0) is 19.0 Å². The Morgan fingerprint density at radius 1 is 1.02 bits per heavy atom. The van der Waals surface area contributed by atoms with Crippen molar-refractivity contribution in [1.82, 2.24) is 14.7 Å².